The Morgan fingerprint density at radius 1 is 1.16 bits per heavy atom. The second-order valence-electron chi connectivity index (χ2n) is 4.44. The number of benzene rings is 1. The highest BCUT2D eigenvalue weighted by molar-refractivity contribution is 5.97. The second-order valence-corrected chi connectivity index (χ2v) is 4.44. The summed E-state index contributed by atoms with van der Waals surface area (Å²) in [6.45, 7) is 3.11. The van der Waals surface area contributed by atoms with Gasteiger partial charge in [-0.25, -0.2) is 0 Å². The molecule has 2 rings (SSSR count). The van der Waals surface area contributed by atoms with Crippen LogP contribution >= 0.6 is 0 Å². The third-order valence-corrected chi connectivity index (χ3v) is 3.02. The molecule has 0 spiro atoms. The Morgan fingerprint density at radius 2 is 1.95 bits per heavy atom. The summed E-state index contributed by atoms with van der Waals surface area (Å²) in [6, 6.07) is 11.7. The maximum absolute atomic E-state index is 12.0. The number of pyridine rings is 1. The molecule has 1 aromatic carbocycles. The van der Waals surface area contributed by atoms with E-state index in [1.165, 1.54) is 5.56 Å². The van der Waals surface area contributed by atoms with Crippen LogP contribution in [0.5, 0.6) is 0 Å². The van der Waals surface area contributed by atoms with Gasteiger partial charge in [0, 0.05) is 24.5 Å². The molecule has 98 valence electrons. The second kappa shape index (κ2) is 6.81. The Hall–Kier alpha value is -2.00. The number of hydrogen-bond donors (Lipinski definition) is 1. The molecule has 0 saturated carbocycles. The average Bonchev–Trinajstić information content (AvgIpc) is 2.48. The van der Waals surface area contributed by atoms with Crippen molar-refractivity contribution >= 4 is 5.78 Å². The minimum atomic E-state index is 0.117. The molecule has 3 heteroatoms. The lowest BCUT2D eigenvalue weighted by Gasteiger charge is -2.05. The molecule has 0 unspecified atom stereocenters. The molecular formula is C16H18N2O. The van der Waals surface area contributed by atoms with E-state index < -0.39 is 0 Å². The number of hydrogen-bond acceptors (Lipinski definition) is 3. The quantitative estimate of drug-likeness (QED) is 0.806. The van der Waals surface area contributed by atoms with Gasteiger partial charge in [-0.2, -0.15) is 0 Å². The van der Waals surface area contributed by atoms with Crippen molar-refractivity contribution in [2.75, 3.05) is 6.54 Å². The number of nitrogens with one attached hydrogen (secondary N) is 1. The third-order valence-electron chi connectivity index (χ3n) is 3.02. The van der Waals surface area contributed by atoms with Crippen LogP contribution in [0.25, 0.3) is 0 Å². The highest BCUT2D eigenvalue weighted by Crippen LogP contribution is 2.05. The van der Waals surface area contributed by atoms with E-state index in [0.29, 0.717) is 13.1 Å². The van der Waals surface area contributed by atoms with E-state index in [9.17, 15) is 4.79 Å². The molecule has 0 bridgehead atoms. The predicted molar refractivity (Wildman–Crippen MR) is 76.1 cm³/mol. The highest BCUT2D eigenvalue weighted by atomic mass is 16.1. The van der Waals surface area contributed by atoms with Crippen LogP contribution in [-0.4, -0.2) is 17.3 Å². The van der Waals surface area contributed by atoms with Gasteiger partial charge in [0.2, 0.25) is 0 Å². The van der Waals surface area contributed by atoms with Crippen molar-refractivity contribution in [3.63, 3.8) is 0 Å². The Balaban J connectivity index is 1.84. The summed E-state index contributed by atoms with van der Waals surface area (Å²) in [7, 11) is 0. The van der Waals surface area contributed by atoms with E-state index in [0.717, 1.165) is 17.5 Å². The van der Waals surface area contributed by atoms with Crippen molar-refractivity contribution in [3.8, 4) is 0 Å². The number of carbonyl (C=O) groups is 1. The number of carbonyl (C=O) groups excluding carboxylic acids is 1. The predicted octanol–water partition coefficient (Wildman–Crippen LogP) is 2.62. The van der Waals surface area contributed by atoms with Crippen molar-refractivity contribution in [2.24, 2.45) is 0 Å². The summed E-state index contributed by atoms with van der Waals surface area (Å²) in [5, 5.41) is 3.14. The zero-order valence-corrected chi connectivity index (χ0v) is 11.1. The van der Waals surface area contributed by atoms with E-state index in [2.05, 4.69) is 17.2 Å². The fourth-order valence-electron chi connectivity index (χ4n) is 1.85. The van der Waals surface area contributed by atoms with Crippen LogP contribution in [0.15, 0.2) is 48.8 Å². The molecular weight excluding hydrogens is 236 g/mol. The van der Waals surface area contributed by atoms with Crippen molar-refractivity contribution in [2.45, 2.75) is 19.9 Å². The molecule has 0 radical (unpaired) electrons. The largest absolute Gasteiger partial charge is 0.306 e. The molecule has 1 N–H and O–H groups in total. The minimum absolute atomic E-state index is 0.117. The number of nitrogens with zero attached hydrogens (tertiary/aromatic N) is 1. The van der Waals surface area contributed by atoms with E-state index in [-0.39, 0.29) is 5.78 Å². The molecule has 3 nitrogen and oxygen atoms in total. The van der Waals surface area contributed by atoms with Gasteiger partial charge in [-0.05, 0) is 23.6 Å². The number of aromatic nitrogens is 1. The third kappa shape index (κ3) is 4.00. The average molecular weight is 254 g/mol. The number of Topliss-reactive ketones (excluding diaryl/α,β-unsaturated/α-hetero) is 1. The van der Waals surface area contributed by atoms with Crippen molar-refractivity contribution < 1.29 is 4.79 Å². The van der Waals surface area contributed by atoms with Crippen molar-refractivity contribution in [1.29, 1.82) is 0 Å². The summed E-state index contributed by atoms with van der Waals surface area (Å²) < 4.78 is 0. The maximum Gasteiger partial charge on any atom is 0.176 e. The van der Waals surface area contributed by atoms with Gasteiger partial charge in [0.05, 0.1) is 6.54 Å². The first-order chi connectivity index (χ1) is 9.29. The lowest BCUT2D eigenvalue weighted by atomic mass is 10.1. The Morgan fingerprint density at radius 3 is 2.58 bits per heavy atom. The summed E-state index contributed by atoms with van der Waals surface area (Å²) in [4.78, 5) is 16.0. The maximum atomic E-state index is 12.0. The van der Waals surface area contributed by atoms with Gasteiger partial charge in [-0.1, -0.05) is 37.3 Å². The highest BCUT2D eigenvalue weighted by Gasteiger charge is 2.04. The molecule has 1 heterocycles. The van der Waals surface area contributed by atoms with Gasteiger partial charge in [0.1, 0.15) is 0 Å². The topological polar surface area (TPSA) is 42.0 Å². The van der Waals surface area contributed by atoms with Crippen LogP contribution in [0.3, 0.4) is 0 Å². The van der Waals surface area contributed by atoms with Gasteiger partial charge in [0.25, 0.3) is 0 Å². The van der Waals surface area contributed by atoms with E-state index in [1.807, 2.05) is 36.4 Å². The zero-order chi connectivity index (χ0) is 13.5. The smallest absolute Gasteiger partial charge is 0.176 e. The van der Waals surface area contributed by atoms with Gasteiger partial charge >= 0.3 is 0 Å². The fraction of sp³-hybridized carbons (Fsp3) is 0.250. The van der Waals surface area contributed by atoms with Crippen LogP contribution < -0.4 is 5.32 Å². The summed E-state index contributed by atoms with van der Waals surface area (Å²) in [5.41, 5.74) is 3.09. The fourth-order valence-corrected chi connectivity index (χ4v) is 1.85. The summed E-state index contributed by atoms with van der Waals surface area (Å²) >= 11 is 0. The van der Waals surface area contributed by atoms with Crippen LogP contribution in [0.1, 0.15) is 28.4 Å². The van der Waals surface area contributed by atoms with E-state index in [4.69, 9.17) is 0 Å². The van der Waals surface area contributed by atoms with Gasteiger partial charge in [0.15, 0.2) is 5.78 Å². The molecule has 1 aromatic heterocycles. The number of ketones is 1. The standard InChI is InChI=1S/C16H18N2O/c1-2-13-5-7-15(8-6-13)16(19)12-18-11-14-4-3-9-17-10-14/h3-10,18H,2,11-12H2,1H3. The number of aryl methyl sites for hydroxylation is 1. The Bertz CT molecular complexity index is 520. The summed E-state index contributed by atoms with van der Waals surface area (Å²) in [6.07, 6.45) is 4.53. The minimum Gasteiger partial charge on any atom is -0.306 e. The zero-order valence-electron chi connectivity index (χ0n) is 11.1. The van der Waals surface area contributed by atoms with Gasteiger partial charge in [-0.3, -0.25) is 9.78 Å². The summed E-state index contributed by atoms with van der Waals surface area (Å²) in [5.74, 6) is 0.117. The lowest BCUT2D eigenvalue weighted by molar-refractivity contribution is 0.0991. The molecule has 19 heavy (non-hydrogen) atoms. The first-order valence-corrected chi connectivity index (χ1v) is 6.51. The normalized spacial score (nSPS) is 10.4. The van der Waals surface area contributed by atoms with Crippen LogP contribution in [0.2, 0.25) is 0 Å². The van der Waals surface area contributed by atoms with Crippen LogP contribution in [-0.2, 0) is 13.0 Å². The molecule has 0 amide bonds. The molecule has 0 fully saturated rings. The van der Waals surface area contributed by atoms with Crippen LogP contribution in [0, 0.1) is 0 Å². The van der Waals surface area contributed by atoms with Crippen molar-refractivity contribution in [1.82, 2.24) is 10.3 Å². The van der Waals surface area contributed by atoms with Gasteiger partial charge < -0.3 is 5.32 Å². The van der Waals surface area contributed by atoms with E-state index in [1.54, 1.807) is 12.4 Å². The number of rotatable bonds is 6. The molecule has 0 aliphatic carbocycles. The SMILES string of the molecule is CCc1ccc(C(=O)CNCc2cccnc2)cc1. The molecule has 2 aromatic rings. The Labute approximate surface area is 113 Å². The molecule has 0 aliphatic heterocycles. The lowest BCUT2D eigenvalue weighted by Crippen LogP contribution is -2.22. The Kier molecular flexibility index (Phi) is 4.81. The van der Waals surface area contributed by atoms with Gasteiger partial charge in [-0.15, -0.1) is 0 Å². The van der Waals surface area contributed by atoms with Crippen LogP contribution in [0.4, 0.5) is 0 Å². The van der Waals surface area contributed by atoms with Crippen molar-refractivity contribution in [3.05, 3.63) is 65.5 Å². The molecule has 0 atom stereocenters. The first-order valence-electron chi connectivity index (χ1n) is 6.51. The molecule has 0 aliphatic rings. The first kappa shape index (κ1) is 13.4. The molecule has 0 saturated heterocycles. The monoisotopic (exact) mass is 254 g/mol. The van der Waals surface area contributed by atoms with E-state index >= 15 is 0 Å².